The third-order valence-corrected chi connectivity index (χ3v) is 5.91. The quantitative estimate of drug-likeness (QED) is 0.849. The number of nitrogens with zero attached hydrogens (tertiary/aromatic N) is 1. The lowest BCUT2D eigenvalue weighted by molar-refractivity contribution is -0.133. The van der Waals surface area contributed by atoms with Gasteiger partial charge in [-0.1, -0.05) is 13.3 Å². The molecule has 3 fully saturated rings. The Morgan fingerprint density at radius 2 is 2.22 bits per heavy atom. The highest BCUT2D eigenvalue weighted by atomic mass is 32.2. The topological polar surface area (TPSA) is 32.3 Å². The summed E-state index contributed by atoms with van der Waals surface area (Å²) in [7, 11) is 0. The molecule has 102 valence electrons. The molecule has 3 rings (SSSR count). The van der Waals surface area contributed by atoms with Gasteiger partial charge in [0.15, 0.2) is 0 Å². The second-order valence-corrected chi connectivity index (χ2v) is 7.21. The molecule has 3 nitrogen and oxygen atoms in total. The molecule has 2 aliphatic carbocycles. The Labute approximate surface area is 114 Å². The zero-order valence-electron chi connectivity index (χ0n) is 11.4. The minimum Gasteiger partial charge on any atom is -0.323 e. The number of nitrogens with one attached hydrogen (secondary N) is 1. The zero-order valence-corrected chi connectivity index (χ0v) is 12.3. The lowest BCUT2D eigenvalue weighted by Gasteiger charge is -2.30. The molecule has 1 aliphatic heterocycles. The van der Waals surface area contributed by atoms with E-state index < -0.39 is 0 Å². The van der Waals surface area contributed by atoms with Crippen LogP contribution in [0.15, 0.2) is 0 Å². The Morgan fingerprint density at radius 3 is 2.78 bits per heavy atom. The van der Waals surface area contributed by atoms with Gasteiger partial charge in [0.25, 0.3) is 0 Å². The van der Waals surface area contributed by atoms with Crippen molar-refractivity contribution in [1.29, 1.82) is 0 Å². The van der Waals surface area contributed by atoms with Crippen molar-refractivity contribution in [3.8, 4) is 0 Å². The highest BCUT2D eigenvalue weighted by Crippen LogP contribution is 2.45. The van der Waals surface area contributed by atoms with Crippen LogP contribution in [-0.2, 0) is 4.79 Å². The van der Waals surface area contributed by atoms with Crippen LogP contribution in [0.2, 0.25) is 0 Å². The maximum atomic E-state index is 12.6. The number of thioether (sulfide) groups is 1. The zero-order chi connectivity index (χ0) is 12.8. The van der Waals surface area contributed by atoms with Crippen molar-refractivity contribution in [1.82, 2.24) is 10.2 Å². The smallest absolute Gasteiger partial charge is 0.244 e. The van der Waals surface area contributed by atoms with Gasteiger partial charge in [-0.3, -0.25) is 10.1 Å². The summed E-state index contributed by atoms with van der Waals surface area (Å²) < 4.78 is 0. The normalized spacial score (nSPS) is 37.8. The van der Waals surface area contributed by atoms with Gasteiger partial charge in [0.05, 0.1) is 11.7 Å². The van der Waals surface area contributed by atoms with Crippen LogP contribution < -0.4 is 5.32 Å². The van der Waals surface area contributed by atoms with E-state index in [2.05, 4.69) is 23.4 Å². The van der Waals surface area contributed by atoms with E-state index in [4.69, 9.17) is 0 Å². The average molecular weight is 268 g/mol. The number of rotatable bonds is 4. The molecule has 1 heterocycles. The summed E-state index contributed by atoms with van der Waals surface area (Å²) in [5.74, 6) is 0.410. The van der Waals surface area contributed by atoms with Crippen molar-refractivity contribution in [3.05, 3.63) is 0 Å². The minimum absolute atomic E-state index is 0.128. The van der Waals surface area contributed by atoms with Gasteiger partial charge in [0, 0.05) is 11.3 Å². The van der Waals surface area contributed by atoms with Crippen LogP contribution in [0.1, 0.15) is 51.9 Å². The average Bonchev–Trinajstić information content (AvgIpc) is 2.90. The van der Waals surface area contributed by atoms with E-state index in [0.717, 1.165) is 30.9 Å². The van der Waals surface area contributed by atoms with E-state index in [1.54, 1.807) is 0 Å². The molecule has 18 heavy (non-hydrogen) atoms. The maximum Gasteiger partial charge on any atom is 0.244 e. The maximum absolute atomic E-state index is 12.6. The van der Waals surface area contributed by atoms with Gasteiger partial charge in [-0.15, -0.1) is 0 Å². The molecule has 0 bridgehead atoms. The molecule has 1 amide bonds. The summed E-state index contributed by atoms with van der Waals surface area (Å²) in [5, 5.41) is 4.39. The van der Waals surface area contributed by atoms with E-state index in [0.29, 0.717) is 18.1 Å². The number of amides is 1. The molecule has 0 aromatic carbocycles. The fourth-order valence-corrected chi connectivity index (χ4v) is 4.40. The number of carbonyl (C=O) groups excluding carboxylic acids is 1. The van der Waals surface area contributed by atoms with Gasteiger partial charge in [-0.25, -0.2) is 0 Å². The van der Waals surface area contributed by atoms with Crippen molar-refractivity contribution in [2.24, 2.45) is 0 Å². The summed E-state index contributed by atoms with van der Waals surface area (Å²) in [4.78, 5) is 14.8. The molecule has 0 aromatic rings. The van der Waals surface area contributed by atoms with Crippen LogP contribution in [0, 0.1) is 0 Å². The molecule has 0 aromatic heterocycles. The van der Waals surface area contributed by atoms with E-state index >= 15 is 0 Å². The molecule has 1 spiro atoms. The first kappa shape index (κ1) is 12.8. The second-order valence-electron chi connectivity index (χ2n) is 6.07. The van der Waals surface area contributed by atoms with Crippen LogP contribution in [0.3, 0.4) is 0 Å². The Bertz CT molecular complexity index is 343. The van der Waals surface area contributed by atoms with Gasteiger partial charge in [0.2, 0.25) is 5.91 Å². The Morgan fingerprint density at radius 1 is 1.44 bits per heavy atom. The molecule has 2 saturated carbocycles. The number of carbonyl (C=O) groups is 1. The van der Waals surface area contributed by atoms with Crippen molar-refractivity contribution >= 4 is 17.7 Å². The Balaban J connectivity index is 1.74. The van der Waals surface area contributed by atoms with Crippen molar-refractivity contribution in [3.63, 3.8) is 0 Å². The standard InChI is InChI=1S/C14H24N2OS/c1-3-4-12-15-14(7-8-14)13(17)16(12)10-5-6-11(9-10)18-2/h10-12,15H,3-9H2,1-2H3. The van der Waals surface area contributed by atoms with Gasteiger partial charge >= 0.3 is 0 Å². The Hall–Kier alpha value is -0.220. The Kier molecular flexibility index (Phi) is 3.35. The SMILES string of the molecule is CCCC1NC2(CC2)C(=O)N1C1CCC(SC)C1. The lowest BCUT2D eigenvalue weighted by Crippen LogP contribution is -2.43. The van der Waals surface area contributed by atoms with Gasteiger partial charge < -0.3 is 4.90 Å². The summed E-state index contributed by atoms with van der Waals surface area (Å²) in [6, 6.07) is 0.499. The molecule has 4 heteroatoms. The summed E-state index contributed by atoms with van der Waals surface area (Å²) in [6.45, 7) is 2.21. The first-order chi connectivity index (χ1) is 8.70. The predicted molar refractivity (Wildman–Crippen MR) is 75.6 cm³/mol. The minimum atomic E-state index is -0.128. The van der Waals surface area contributed by atoms with Crippen LogP contribution in [-0.4, -0.2) is 40.1 Å². The first-order valence-electron chi connectivity index (χ1n) is 7.33. The molecular weight excluding hydrogens is 244 g/mol. The van der Waals surface area contributed by atoms with Crippen molar-refractivity contribution in [2.75, 3.05) is 6.26 Å². The summed E-state index contributed by atoms with van der Waals surface area (Å²) >= 11 is 1.97. The fraction of sp³-hybridized carbons (Fsp3) is 0.929. The van der Waals surface area contributed by atoms with Crippen LogP contribution in [0.5, 0.6) is 0 Å². The molecule has 1 N–H and O–H groups in total. The number of hydrogen-bond acceptors (Lipinski definition) is 3. The summed E-state index contributed by atoms with van der Waals surface area (Å²) in [6.07, 6.45) is 10.6. The van der Waals surface area contributed by atoms with E-state index in [9.17, 15) is 4.79 Å². The monoisotopic (exact) mass is 268 g/mol. The fourth-order valence-electron chi connectivity index (χ4n) is 3.61. The summed E-state index contributed by atoms with van der Waals surface area (Å²) in [5.41, 5.74) is -0.128. The molecule has 3 unspecified atom stereocenters. The van der Waals surface area contributed by atoms with Crippen molar-refractivity contribution in [2.45, 2.75) is 74.9 Å². The lowest BCUT2D eigenvalue weighted by atomic mass is 10.1. The van der Waals surface area contributed by atoms with Crippen molar-refractivity contribution < 1.29 is 4.79 Å². The van der Waals surface area contributed by atoms with Gasteiger partial charge in [-0.2, -0.15) is 11.8 Å². The van der Waals surface area contributed by atoms with Gasteiger partial charge in [0.1, 0.15) is 0 Å². The highest BCUT2D eigenvalue weighted by Gasteiger charge is 2.60. The van der Waals surface area contributed by atoms with Gasteiger partial charge in [-0.05, 0) is 44.8 Å². The van der Waals surface area contributed by atoms with E-state index in [-0.39, 0.29) is 5.54 Å². The molecular formula is C14H24N2OS. The largest absolute Gasteiger partial charge is 0.323 e. The first-order valence-corrected chi connectivity index (χ1v) is 8.62. The third-order valence-electron chi connectivity index (χ3n) is 4.82. The third kappa shape index (κ3) is 1.97. The van der Waals surface area contributed by atoms with Crippen LogP contribution in [0.4, 0.5) is 0 Å². The predicted octanol–water partition coefficient (Wildman–Crippen LogP) is 2.36. The molecule has 1 saturated heterocycles. The van der Waals surface area contributed by atoms with Crippen LogP contribution >= 0.6 is 11.8 Å². The molecule has 3 atom stereocenters. The molecule has 3 aliphatic rings. The van der Waals surface area contributed by atoms with E-state index in [1.807, 2.05) is 11.8 Å². The van der Waals surface area contributed by atoms with Crippen LogP contribution in [0.25, 0.3) is 0 Å². The molecule has 0 radical (unpaired) electrons. The number of hydrogen-bond donors (Lipinski definition) is 1. The van der Waals surface area contributed by atoms with E-state index in [1.165, 1.54) is 19.3 Å². The second kappa shape index (κ2) is 4.71. The highest BCUT2D eigenvalue weighted by molar-refractivity contribution is 7.99.